The Bertz CT molecular complexity index is 877. The van der Waals surface area contributed by atoms with Gasteiger partial charge in [-0.3, -0.25) is 4.79 Å². The van der Waals surface area contributed by atoms with Crippen molar-refractivity contribution >= 4 is 18.0 Å². The van der Waals surface area contributed by atoms with Crippen molar-refractivity contribution in [3.05, 3.63) is 59.7 Å². The van der Waals surface area contributed by atoms with Crippen LogP contribution in [-0.2, 0) is 20.9 Å². The maximum absolute atomic E-state index is 12.3. The molecule has 0 atom stereocenters. The van der Waals surface area contributed by atoms with Crippen LogP contribution in [0.25, 0.3) is 6.08 Å². The molecule has 7 heteroatoms. The van der Waals surface area contributed by atoms with Crippen LogP contribution >= 0.6 is 0 Å². The smallest absolute Gasteiger partial charge is 0.331 e. The highest BCUT2D eigenvalue weighted by Gasteiger charge is 2.13. The number of hydrogen-bond donors (Lipinski definition) is 0. The largest absolute Gasteiger partial charge is 0.497 e. The Hall–Kier alpha value is -3.48. The number of benzene rings is 2. The Morgan fingerprint density at radius 3 is 2.38 bits per heavy atom. The molecule has 0 unspecified atom stereocenters. The van der Waals surface area contributed by atoms with Gasteiger partial charge in [0.2, 0.25) is 0 Å². The fourth-order valence-corrected chi connectivity index (χ4v) is 2.60. The first kappa shape index (κ1) is 21.8. The molecule has 0 bridgehead atoms. The molecule has 0 heterocycles. The lowest BCUT2D eigenvalue weighted by Crippen LogP contribution is -2.30. The van der Waals surface area contributed by atoms with E-state index in [1.807, 2.05) is 24.3 Å². The molecule has 0 aromatic heterocycles. The molecule has 1 amide bonds. The standard InChI is InChI=1S/C22H25NO6/c1-23(14-17-7-5-6-8-19(17)27-3)21(24)15-29-22(25)12-9-16-13-18(26-2)10-11-20(16)28-4/h5-13H,14-15H2,1-4H3/b12-9+. The van der Waals surface area contributed by atoms with E-state index in [0.29, 0.717) is 29.4 Å². The molecule has 0 aliphatic carbocycles. The van der Waals surface area contributed by atoms with Crippen molar-refractivity contribution in [2.75, 3.05) is 35.0 Å². The van der Waals surface area contributed by atoms with Crippen LogP contribution in [0.15, 0.2) is 48.5 Å². The van der Waals surface area contributed by atoms with Gasteiger partial charge in [-0.15, -0.1) is 0 Å². The van der Waals surface area contributed by atoms with Crippen LogP contribution in [0.4, 0.5) is 0 Å². The van der Waals surface area contributed by atoms with Gasteiger partial charge in [-0.25, -0.2) is 4.79 Å². The minimum absolute atomic E-state index is 0.323. The molecule has 2 aromatic rings. The summed E-state index contributed by atoms with van der Waals surface area (Å²) in [5.74, 6) is 0.958. The normalized spacial score (nSPS) is 10.5. The third-order valence-corrected chi connectivity index (χ3v) is 4.20. The lowest BCUT2D eigenvalue weighted by Gasteiger charge is -2.18. The van der Waals surface area contributed by atoms with E-state index in [4.69, 9.17) is 18.9 Å². The van der Waals surface area contributed by atoms with Gasteiger partial charge in [0.05, 0.1) is 21.3 Å². The van der Waals surface area contributed by atoms with Gasteiger partial charge in [0.1, 0.15) is 17.2 Å². The number of hydrogen-bond acceptors (Lipinski definition) is 6. The van der Waals surface area contributed by atoms with Crippen molar-refractivity contribution in [2.24, 2.45) is 0 Å². The summed E-state index contributed by atoms with van der Waals surface area (Å²) in [5, 5.41) is 0. The van der Waals surface area contributed by atoms with Gasteiger partial charge < -0.3 is 23.8 Å². The first-order chi connectivity index (χ1) is 14.0. The predicted molar refractivity (Wildman–Crippen MR) is 109 cm³/mol. The zero-order valence-electron chi connectivity index (χ0n) is 17.0. The number of esters is 1. The van der Waals surface area contributed by atoms with Crippen LogP contribution in [0.3, 0.4) is 0 Å². The van der Waals surface area contributed by atoms with Crippen molar-refractivity contribution in [1.82, 2.24) is 4.90 Å². The van der Waals surface area contributed by atoms with Gasteiger partial charge in [-0.2, -0.15) is 0 Å². The number of rotatable bonds is 9. The van der Waals surface area contributed by atoms with E-state index in [2.05, 4.69) is 0 Å². The maximum Gasteiger partial charge on any atom is 0.331 e. The number of nitrogens with zero attached hydrogens (tertiary/aromatic N) is 1. The summed E-state index contributed by atoms with van der Waals surface area (Å²) in [6.07, 6.45) is 2.79. The highest BCUT2D eigenvalue weighted by atomic mass is 16.5. The fourth-order valence-electron chi connectivity index (χ4n) is 2.60. The lowest BCUT2D eigenvalue weighted by atomic mass is 10.1. The highest BCUT2D eigenvalue weighted by molar-refractivity contribution is 5.89. The minimum atomic E-state index is -0.631. The van der Waals surface area contributed by atoms with Crippen LogP contribution in [0.5, 0.6) is 17.2 Å². The molecule has 154 valence electrons. The zero-order valence-corrected chi connectivity index (χ0v) is 17.0. The first-order valence-electron chi connectivity index (χ1n) is 8.91. The summed E-state index contributed by atoms with van der Waals surface area (Å²) in [6, 6.07) is 12.6. The molecule has 0 saturated carbocycles. The molecule has 2 rings (SSSR count). The lowest BCUT2D eigenvalue weighted by molar-refractivity contribution is -0.147. The van der Waals surface area contributed by atoms with E-state index in [1.165, 1.54) is 18.1 Å². The molecule has 0 N–H and O–H groups in total. The predicted octanol–water partition coefficient (Wildman–Crippen LogP) is 2.93. The van der Waals surface area contributed by atoms with Gasteiger partial charge in [0, 0.05) is 30.8 Å². The van der Waals surface area contributed by atoms with E-state index >= 15 is 0 Å². The summed E-state index contributed by atoms with van der Waals surface area (Å²) in [5.41, 5.74) is 1.52. The summed E-state index contributed by atoms with van der Waals surface area (Å²) < 4.78 is 20.8. The average molecular weight is 399 g/mol. The van der Waals surface area contributed by atoms with Gasteiger partial charge in [-0.05, 0) is 30.3 Å². The number of carbonyl (C=O) groups is 2. The molecule has 0 fully saturated rings. The van der Waals surface area contributed by atoms with Crippen molar-refractivity contribution in [2.45, 2.75) is 6.54 Å². The summed E-state index contributed by atoms with van der Waals surface area (Å²) in [4.78, 5) is 25.7. The molecule has 0 saturated heterocycles. The Kier molecular flexibility index (Phi) is 8.09. The number of amides is 1. The van der Waals surface area contributed by atoms with Crippen LogP contribution in [0, 0.1) is 0 Å². The number of para-hydroxylation sites is 1. The number of methoxy groups -OCH3 is 3. The zero-order chi connectivity index (χ0) is 21.2. The second kappa shape index (κ2) is 10.8. The van der Waals surface area contributed by atoms with Crippen LogP contribution in [0.2, 0.25) is 0 Å². The van der Waals surface area contributed by atoms with Crippen molar-refractivity contribution < 1.29 is 28.5 Å². The third kappa shape index (κ3) is 6.27. The molecule has 29 heavy (non-hydrogen) atoms. The Labute approximate surface area is 170 Å². The summed E-state index contributed by atoms with van der Waals surface area (Å²) in [6.45, 7) is -0.0126. The molecule has 0 aliphatic heterocycles. The van der Waals surface area contributed by atoms with Crippen molar-refractivity contribution in [1.29, 1.82) is 0 Å². The van der Waals surface area contributed by atoms with E-state index in [-0.39, 0.29) is 12.5 Å². The van der Waals surface area contributed by atoms with Crippen molar-refractivity contribution in [3.8, 4) is 17.2 Å². The monoisotopic (exact) mass is 399 g/mol. The quantitative estimate of drug-likeness (QED) is 0.477. The average Bonchev–Trinajstić information content (AvgIpc) is 2.75. The molecule has 0 radical (unpaired) electrons. The Balaban J connectivity index is 1.91. The molecule has 0 spiro atoms. The molecular weight excluding hydrogens is 374 g/mol. The SMILES string of the molecule is COc1ccc(OC)c(/C=C/C(=O)OCC(=O)N(C)Cc2ccccc2OC)c1. The number of ether oxygens (including phenoxy) is 4. The van der Waals surface area contributed by atoms with Gasteiger partial charge in [0.15, 0.2) is 6.61 Å². The second-order valence-corrected chi connectivity index (χ2v) is 6.11. The van der Waals surface area contributed by atoms with Gasteiger partial charge in [0.25, 0.3) is 5.91 Å². The Morgan fingerprint density at radius 2 is 1.69 bits per heavy atom. The molecule has 7 nitrogen and oxygen atoms in total. The van der Waals surface area contributed by atoms with E-state index in [0.717, 1.165) is 5.56 Å². The highest BCUT2D eigenvalue weighted by Crippen LogP contribution is 2.25. The topological polar surface area (TPSA) is 74.3 Å². The van der Waals surface area contributed by atoms with Crippen LogP contribution < -0.4 is 14.2 Å². The fraction of sp³-hybridized carbons (Fsp3) is 0.273. The number of likely N-dealkylation sites (N-methyl/N-ethyl adjacent to an activating group) is 1. The summed E-state index contributed by atoms with van der Waals surface area (Å²) in [7, 11) is 6.30. The van der Waals surface area contributed by atoms with E-state index in [1.54, 1.807) is 45.5 Å². The third-order valence-electron chi connectivity index (χ3n) is 4.20. The Morgan fingerprint density at radius 1 is 0.966 bits per heavy atom. The first-order valence-corrected chi connectivity index (χ1v) is 8.91. The van der Waals surface area contributed by atoms with Crippen LogP contribution in [0.1, 0.15) is 11.1 Å². The van der Waals surface area contributed by atoms with E-state index < -0.39 is 5.97 Å². The van der Waals surface area contributed by atoms with Crippen molar-refractivity contribution in [3.63, 3.8) is 0 Å². The molecular formula is C22H25NO6. The number of carbonyl (C=O) groups excluding carboxylic acids is 2. The summed E-state index contributed by atoms with van der Waals surface area (Å²) >= 11 is 0. The van der Waals surface area contributed by atoms with E-state index in [9.17, 15) is 9.59 Å². The minimum Gasteiger partial charge on any atom is -0.497 e. The maximum atomic E-state index is 12.3. The van der Waals surface area contributed by atoms with Crippen LogP contribution in [-0.4, -0.2) is 51.8 Å². The molecule has 0 aliphatic rings. The van der Waals surface area contributed by atoms with Gasteiger partial charge >= 0.3 is 5.97 Å². The second-order valence-electron chi connectivity index (χ2n) is 6.11. The van der Waals surface area contributed by atoms with Gasteiger partial charge in [-0.1, -0.05) is 18.2 Å². The molecule has 2 aromatic carbocycles.